The van der Waals surface area contributed by atoms with Gasteiger partial charge in [0.2, 0.25) is 0 Å². The van der Waals surface area contributed by atoms with Crippen molar-refractivity contribution in [3.8, 4) is 0 Å². The van der Waals surface area contributed by atoms with Gasteiger partial charge in [-0.15, -0.1) is 0 Å². The van der Waals surface area contributed by atoms with E-state index < -0.39 is 0 Å². The molecule has 1 atom stereocenters. The average molecular weight is 129 g/mol. The first kappa shape index (κ1) is 7.03. The van der Waals surface area contributed by atoms with Crippen LogP contribution in [-0.2, 0) is 0 Å². The highest BCUT2D eigenvalue weighted by molar-refractivity contribution is 4.64. The Balaban J connectivity index is 2.41. The van der Waals surface area contributed by atoms with Crippen LogP contribution < -0.4 is 5.73 Å². The molecule has 1 saturated heterocycles. The molecule has 9 heavy (non-hydrogen) atoms. The Labute approximate surface area is 57.2 Å². The van der Waals surface area contributed by atoms with E-state index in [1.54, 1.807) is 0 Å². The van der Waals surface area contributed by atoms with Crippen LogP contribution in [0.15, 0.2) is 0 Å². The van der Waals surface area contributed by atoms with E-state index in [2.05, 4.69) is 14.1 Å². The van der Waals surface area contributed by atoms with Gasteiger partial charge in [0.15, 0.2) is 0 Å². The molecule has 54 valence electrons. The van der Waals surface area contributed by atoms with Gasteiger partial charge >= 0.3 is 0 Å². The number of piperidine rings is 1. The van der Waals surface area contributed by atoms with Gasteiger partial charge < -0.3 is 10.2 Å². The van der Waals surface area contributed by atoms with Crippen molar-refractivity contribution in [3.63, 3.8) is 0 Å². The fourth-order valence-corrected chi connectivity index (χ4v) is 1.60. The Hall–Kier alpha value is -0.0800. The minimum absolute atomic E-state index is 0.453. The summed E-state index contributed by atoms with van der Waals surface area (Å²) in [6.07, 6.45) is 2.52. The molecule has 1 fully saturated rings. The number of quaternary nitrogens is 1. The summed E-state index contributed by atoms with van der Waals surface area (Å²) in [6, 6.07) is 0.453. The molecule has 0 aliphatic carbocycles. The molecule has 2 nitrogen and oxygen atoms in total. The molecule has 0 bridgehead atoms. The first-order valence-electron chi connectivity index (χ1n) is 3.68. The third-order valence-electron chi connectivity index (χ3n) is 2.07. The number of likely N-dealkylation sites (N-methyl/N-ethyl adjacent to an activating group) is 1. The number of likely N-dealkylation sites (tertiary alicyclic amines) is 1. The molecule has 0 saturated carbocycles. The second kappa shape index (κ2) is 2.27. The molecule has 0 aromatic heterocycles. The van der Waals surface area contributed by atoms with Crippen LogP contribution in [0.5, 0.6) is 0 Å². The van der Waals surface area contributed by atoms with Crippen molar-refractivity contribution < 1.29 is 4.48 Å². The molecule has 0 radical (unpaired) electrons. The van der Waals surface area contributed by atoms with Crippen molar-refractivity contribution in [1.29, 1.82) is 0 Å². The maximum absolute atomic E-state index is 5.79. The quantitative estimate of drug-likeness (QED) is 0.464. The molecule has 2 N–H and O–H groups in total. The third-order valence-corrected chi connectivity index (χ3v) is 2.07. The maximum Gasteiger partial charge on any atom is 0.0936 e. The van der Waals surface area contributed by atoms with E-state index in [1.165, 1.54) is 19.4 Å². The van der Waals surface area contributed by atoms with Crippen LogP contribution >= 0.6 is 0 Å². The van der Waals surface area contributed by atoms with Gasteiger partial charge in [-0.05, 0) is 12.8 Å². The lowest BCUT2D eigenvalue weighted by Crippen LogP contribution is -2.52. The minimum Gasteiger partial charge on any atom is -0.327 e. The Morgan fingerprint density at radius 3 is 2.44 bits per heavy atom. The van der Waals surface area contributed by atoms with Crippen LogP contribution in [0.4, 0.5) is 0 Å². The predicted molar refractivity (Wildman–Crippen MR) is 39.1 cm³/mol. The molecule has 2 heteroatoms. The van der Waals surface area contributed by atoms with E-state index in [1.807, 2.05) is 0 Å². The van der Waals surface area contributed by atoms with E-state index in [9.17, 15) is 0 Å². The fraction of sp³-hybridized carbons (Fsp3) is 1.00. The third kappa shape index (κ3) is 1.95. The van der Waals surface area contributed by atoms with Crippen LogP contribution in [0, 0.1) is 0 Å². The Morgan fingerprint density at radius 1 is 1.44 bits per heavy atom. The van der Waals surface area contributed by atoms with Crippen LogP contribution in [0.2, 0.25) is 0 Å². The summed E-state index contributed by atoms with van der Waals surface area (Å²) in [5, 5.41) is 0. The summed E-state index contributed by atoms with van der Waals surface area (Å²) in [6.45, 7) is 2.45. The molecule has 1 heterocycles. The molecule has 0 unspecified atom stereocenters. The smallest absolute Gasteiger partial charge is 0.0936 e. The molecular weight excluding hydrogens is 112 g/mol. The van der Waals surface area contributed by atoms with Gasteiger partial charge in [-0.1, -0.05) is 0 Å². The van der Waals surface area contributed by atoms with Gasteiger partial charge in [0.1, 0.15) is 0 Å². The highest BCUT2D eigenvalue weighted by atomic mass is 15.3. The molecule has 1 aliphatic heterocycles. The summed E-state index contributed by atoms with van der Waals surface area (Å²) < 4.78 is 1.11. The SMILES string of the molecule is C[N+]1(C)CCC[C@@H](N)C1. The van der Waals surface area contributed by atoms with Gasteiger partial charge in [-0.3, -0.25) is 0 Å². The number of hydrogen-bond donors (Lipinski definition) is 1. The molecule has 0 aromatic rings. The first-order chi connectivity index (χ1) is 4.10. The second-order valence-electron chi connectivity index (χ2n) is 3.74. The summed E-state index contributed by atoms with van der Waals surface area (Å²) in [4.78, 5) is 0. The highest BCUT2D eigenvalue weighted by Gasteiger charge is 2.24. The van der Waals surface area contributed by atoms with Crippen molar-refractivity contribution in [2.75, 3.05) is 27.2 Å². The van der Waals surface area contributed by atoms with Crippen molar-refractivity contribution in [1.82, 2.24) is 0 Å². The van der Waals surface area contributed by atoms with Crippen molar-refractivity contribution in [2.45, 2.75) is 18.9 Å². The molecule has 1 aliphatic rings. The van der Waals surface area contributed by atoms with Gasteiger partial charge in [-0.2, -0.15) is 0 Å². The van der Waals surface area contributed by atoms with Gasteiger partial charge in [0.05, 0.1) is 33.2 Å². The molecule has 0 aromatic carbocycles. The maximum atomic E-state index is 5.79. The standard InChI is InChI=1S/C7H17N2/c1-9(2)5-3-4-7(8)6-9/h7H,3-6,8H2,1-2H3/q+1/t7-/m1/s1. The van der Waals surface area contributed by atoms with E-state index in [0.717, 1.165) is 11.0 Å². The summed E-state index contributed by atoms with van der Waals surface area (Å²) in [5.41, 5.74) is 5.79. The highest BCUT2D eigenvalue weighted by Crippen LogP contribution is 2.11. The zero-order valence-corrected chi connectivity index (χ0v) is 6.43. The number of rotatable bonds is 0. The topological polar surface area (TPSA) is 26.0 Å². The van der Waals surface area contributed by atoms with Gasteiger partial charge in [-0.25, -0.2) is 0 Å². The Bertz CT molecular complexity index is 99.1. The Morgan fingerprint density at radius 2 is 2.11 bits per heavy atom. The van der Waals surface area contributed by atoms with Crippen molar-refractivity contribution in [3.05, 3.63) is 0 Å². The lowest BCUT2D eigenvalue weighted by atomic mass is 10.1. The zero-order chi connectivity index (χ0) is 6.91. The van der Waals surface area contributed by atoms with E-state index in [-0.39, 0.29) is 0 Å². The van der Waals surface area contributed by atoms with Crippen LogP contribution in [-0.4, -0.2) is 37.7 Å². The lowest BCUT2D eigenvalue weighted by molar-refractivity contribution is -0.895. The molecular formula is C7H17N2+. The van der Waals surface area contributed by atoms with Crippen LogP contribution in [0.1, 0.15) is 12.8 Å². The van der Waals surface area contributed by atoms with E-state index in [0.29, 0.717) is 6.04 Å². The van der Waals surface area contributed by atoms with Crippen molar-refractivity contribution >= 4 is 0 Å². The lowest BCUT2D eigenvalue weighted by Gasteiger charge is -2.36. The number of nitrogens with zero attached hydrogens (tertiary/aromatic N) is 1. The van der Waals surface area contributed by atoms with Gasteiger partial charge in [0, 0.05) is 0 Å². The van der Waals surface area contributed by atoms with Gasteiger partial charge in [0.25, 0.3) is 0 Å². The molecule has 0 amide bonds. The monoisotopic (exact) mass is 129 g/mol. The molecule has 0 spiro atoms. The summed E-state index contributed by atoms with van der Waals surface area (Å²) >= 11 is 0. The first-order valence-corrected chi connectivity index (χ1v) is 3.68. The summed E-state index contributed by atoms with van der Waals surface area (Å²) in [7, 11) is 4.50. The Kier molecular flexibility index (Phi) is 1.78. The summed E-state index contributed by atoms with van der Waals surface area (Å²) in [5.74, 6) is 0. The normalized spacial score (nSPS) is 34.3. The minimum atomic E-state index is 0.453. The largest absolute Gasteiger partial charge is 0.327 e. The number of nitrogens with two attached hydrogens (primary N) is 1. The van der Waals surface area contributed by atoms with Crippen LogP contribution in [0.3, 0.4) is 0 Å². The fourth-order valence-electron chi connectivity index (χ4n) is 1.60. The second-order valence-corrected chi connectivity index (χ2v) is 3.74. The number of hydrogen-bond acceptors (Lipinski definition) is 1. The zero-order valence-electron chi connectivity index (χ0n) is 6.43. The van der Waals surface area contributed by atoms with E-state index >= 15 is 0 Å². The average Bonchev–Trinajstić information content (AvgIpc) is 1.60. The molecule has 1 rings (SSSR count). The van der Waals surface area contributed by atoms with Crippen molar-refractivity contribution in [2.24, 2.45) is 5.73 Å². The van der Waals surface area contributed by atoms with E-state index in [4.69, 9.17) is 5.73 Å². The predicted octanol–water partition coefficient (Wildman–Crippen LogP) is 0.184. The van der Waals surface area contributed by atoms with Crippen LogP contribution in [0.25, 0.3) is 0 Å².